The van der Waals surface area contributed by atoms with Gasteiger partial charge in [-0.1, -0.05) is 24.3 Å². The summed E-state index contributed by atoms with van der Waals surface area (Å²) in [6.45, 7) is 3.22. The molecule has 0 atom stereocenters. The van der Waals surface area contributed by atoms with Crippen LogP contribution in [-0.2, 0) is 13.1 Å². The van der Waals surface area contributed by atoms with Gasteiger partial charge < -0.3 is 11.1 Å². The minimum atomic E-state index is 0.564. The van der Waals surface area contributed by atoms with Crippen molar-refractivity contribution in [1.29, 1.82) is 0 Å². The molecule has 0 radical (unpaired) electrons. The van der Waals surface area contributed by atoms with Crippen LogP contribution in [0.25, 0.3) is 0 Å². The fourth-order valence-electron chi connectivity index (χ4n) is 1.58. The minimum Gasteiger partial charge on any atom is -0.350 e. The fourth-order valence-corrected chi connectivity index (χ4v) is 1.58. The van der Waals surface area contributed by atoms with Gasteiger partial charge >= 0.3 is 0 Å². The second kappa shape index (κ2) is 5.41. The topological polar surface area (TPSA) is 63.8 Å². The normalized spacial score (nSPS) is 10.2. The van der Waals surface area contributed by atoms with Gasteiger partial charge in [0.15, 0.2) is 0 Å². The summed E-state index contributed by atoms with van der Waals surface area (Å²) in [5, 5.41) is 3.19. The van der Waals surface area contributed by atoms with E-state index >= 15 is 0 Å². The van der Waals surface area contributed by atoms with Crippen LogP contribution in [0.4, 0.5) is 5.95 Å². The summed E-state index contributed by atoms with van der Waals surface area (Å²) in [7, 11) is 0. The molecule has 1 heterocycles. The Hall–Kier alpha value is -1.94. The Balaban J connectivity index is 2.02. The van der Waals surface area contributed by atoms with Crippen LogP contribution in [-0.4, -0.2) is 9.97 Å². The summed E-state index contributed by atoms with van der Waals surface area (Å²) in [6, 6.07) is 10.0. The average molecular weight is 228 g/mol. The summed E-state index contributed by atoms with van der Waals surface area (Å²) >= 11 is 0. The van der Waals surface area contributed by atoms with Gasteiger partial charge in [-0.05, 0) is 24.1 Å². The first-order valence-electron chi connectivity index (χ1n) is 5.59. The lowest BCUT2D eigenvalue weighted by Crippen LogP contribution is -2.05. The molecular formula is C13H16N4. The zero-order valence-electron chi connectivity index (χ0n) is 9.85. The fraction of sp³-hybridized carbons (Fsp3) is 0.231. The number of aryl methyl sites for hydroxylation is 1. The molecule has 17 heavy (non-hydrogen) atoms. The van der Waals surface area contributed by atoms with Crippen molar-refractivity contribution in [2.45, 2.75) is 20.0 Å². The number of nitrogens with two attached hydrogens (primary N) is 1. The Morgan fingerprint density at radius 3 is 2.82 bits per heavy atom. The predicted octanol–water partition coefficient (Wildman–Crippen LogP) is 1.86. The van der Waals surface area contributed by atoms with Crippen molar-refractivity contribution in [3.8, 4) is 0 Å². The first-order chi connectivity index (χ1) is 8.28. The van der Waals surface area contributed by atoms with Crippen LogP contribution in [0.3, 0.4) is 0 Å². The number of rotatable bonds is 4. The number of anilines is 1. The quantitative estimate of drug-likeness (QED) is 0.838. The summed E-state index contributed by atoms with van der Waals surface area (Å²) in [4.78, 5) is 8.43. The zero-order valence-corrected chi connectivity index (χ0v) is 9.85. The van der Waals surface area contributed by atoms with Crippen LogP contribution in [0.2, 0.25) is 0 Å². The third-order valence-corrected chi connectivity index (χ3v) is 2.47. The molecule has 0 aliphatic heterocycles. The average Bonchev–Trinajstić information content (AvgIpc) is 2.37. The highest BCUT2D eigenvalue weighted by Crippen LogP contribution is 2.07. The number of nitrogens with zero attached hydrogens (tertiary/aromatic N) is 2. The van der Waals surface area contributed by atoms with Crippen LogP contribution in [0.5, 0.6) is 0 Å². The summed E-state index contributed by atoms with van der Waals surface area (Å²) < 4.78 is 0. The number of hydrogen-bond donors (Lipinski definition) is 2. The molecule has 0 bridgehead atoms. The standard InChI is InChI=1S/C13H16N4/c1-10-5-6-15-13(17-10)16-9-12-4-2-3-11(7-12)8-14/h2-7H,8-9,14H2,1H3,(H,15,16,17). The van der Waals surface area contributed by atoms with Crippen molar-refractivity contribution in [2.24, 2.45) is 5.73 Å². The van der Waals surface area contributed by atoms with E-state index in [9.17, 15) is 0 Å². The van der Waals surface area contributed by atoms with Crippen molar-refractivity contribution in [3.05, 3.63) is 53.3 Å². The number of aromatic nitrogens is 2. The third-order valence-electron chi connectivity index (χ3n) is 2.47. The molecule has 1 aromatic heterocycles. The molecule has 0 fully saturated rings. The lowest BCUT2D eigenvalue weighted by atomic mass is 10.1. The van der Waals surface area contributed by atoms with E-state index in [1.54, 1.807) is 6.20 Å². The van der Waals surface area contributed by atoms with Gasteiger partial charge in [0.1, 0.15) is 0 Å². The second-order valence-electron chi connectivity index (χ2n) is 3.90. The molecule has 88 valence electrons. The maximum absolute atomic E-state index is 5.60. The monoisotopic (exact) mass is 228 g/mol. The number of benzene rings is 1. The highest BCUT2D eigenvalue weighted by Gasteiger charge is 1.97. The highest BCUT2D eigenvalue weighted by molar-refractivity contribution is 5.30. The Labute approximate surface area is 101 Å². The van der Waals surface area contributed by atoms with Crippen LogP contribution in [0.1, 0.15) is 16.8 Å². The second-order valence-corrected chi connectivity index (χ2v) is 3.90. The van der Waals surface area contributed by atoms with Crippen LogP contribution in [0, 0.1) is 6.92 Å². The molecule has 0 aliphatic rings. The van der Waals surface area contributed by atoms with E-state index < -0.39 is 0 Å². The molecule has 2 rings (SSSR count). The number of hydrogen-bond acceptors (Lipinski definition) is 4. The van der Waals surface area contributed by atoms with Gasteiger partial charge in [0, 0.05) is 25.0 Å². The third kappa shape index (κ3) is 3.26. The van der Waals surface area contributed by atoms with E-state index in [1.807, 2.05) is 25.1 Å². The molecule has 0 aliphatic carbocycles. The predicted molar refractivity (Wildman–Crippen MR) is 68.4 cm³/mol. The van der Waals surface area contributed by atoms with E-state index in [0.29, 0.717) is 19.0 Å². The van der Waals surface area contributed by atoms with E-state index in [0.717, 1.165) is 11.3 Å². The van der Waals surface area contributed by atoms with Gasteiger partial charge in [-0.25, -0.2) is 9.97 Å². The van der Waals surface area contributed by atoms with E-state index in [2.05, 4.69) is 27.4 Å². The van der Waals surface area contributed by atoms with Crippen molar-refractivity contribution in [1.82, 2.24) is 9.97 Å². The van der Waals surface area contributed by atoms with Crippen LogP contribution in [0.15, 0.2) is 36.5 Å². The minimum absolute atomic E-state index is 0.564. The summed E-state index contributed by atoms with van der Waals surface area (Å²) in [5.41, 5.74) is 8.87. The first kappa shape index (κ1) is 11.5. The maximum Gasteiger partial charge on any atom is 0.223 e. The molecule has 4 heteroatoms. The van der Waals surface area contributed by atoms with E-state index in [4.69, 9.17) is 5.73 Å². The SMILES string of the molecule is Cc1ccnc(NCc2cccc(CN)c2)n1. The zero-order chi connectivity index (χ0) is 12.1. The van der Waals surface area contributed by atoms with Gasteiger partial charge in [0.2, 0.25) is 5.95 Å². The van der Waals surface area contributed by atoms with E-state index in [-0.39, 0.29) is 0 Å². The van der Waals surface area contributed by atoms with Crippen LogP contribution >= 0.6 is 0 Å². The molecule has 2 aromatic rings. The van der Waals surface area contributed by atoms with Gasteiger partial charge in [0.05, 0.1) is 0 Å². The molecule has 4 nitrogen and oxygen atoms in total. The summed E-state index contributed by atoms with van der Waals surface area (Å²) in [6.07, 6.45) is 1.75. The molecule has 0 saturated carbocycles. The smallest absolute Gasteiger partial charge is 0.223 e. The van der Waals surface area contributed by atoms with Crippen molar-refractivity contribution in [3.63, 3.8) is 0 Å². The van der Waals surface area contributed by atoms with Gasteiger partial charge in [-0.3, -0.25) is 0 Å². The van der Waals surface area contributed by atoms with Gasteiger partial charge in [0.25, 0.3) is 0 Å². The van der Waals surface area contributed by atoms with Crippen molar-refractivity contribution < 1.29 is 0 Å². The number of nitrogens with one attached hydrogen (secondary N) is 1. The Kier molecular flexibility index (Phi) is 3.67. The van der Waals surface area contributed by atoms with Crippen molar-refractivity contribution in [2.75, 3.05) is 5.32 Å². The maximum atomic E-state index is 5.60. The molecule has 0 amide bonds. The Morgan fingerprint density at radius 2 is 2.06 bits per heavy atom. The molecule has 0 unspecified atom stereocenters. The van der Waals surface area contributed by atoms with Gasteiger partial charge in [-0.15, -0.1) is 0 Å². The van der Waals surface area contributed by atoms with E-state index in [1.165, 1.54) is 5.56 Å². The molecule has 0 saturated heterocycles. The lowest BCUT2D eigenvalue weighted by molar-refractivity contribution is 1.01. The molecule has 0 spiro atoms. The first-order valence-corrected chi connectivity index (χ1v) is 5.59. The molecular weight excluding hydrogens is 212 g/mol. The van der Waals surface area contributed by atoms with Gasteiger partial charge in [-0.2, -0.15) is 0 Å². The Morgan fingerprint density at radius 1 is 1.24 bits per heavy atom. The lowest BCUT2D eigenvalue weighted by Gasteiger charge is -2.06. The van der Waals surface area contributed by atoms with Crippen LogP contribution < -0.4 is 11.1 Å². The Bertz CT molecular complexity index is 496. The largest absolute Gasteiger partial charge is 0.350 e. The summed E-state index contributed by atoms with van der Waals surface area (Å²) in [5.74, 6) is 0.656. The molecule has 3 N–H and O–H groups in total. The molecule has 1 aromatic carbocycles. The highest BCUT2D eigenvalue weighted by atomic mass is 15.1. The van der Waals surface area contributed by atoms with Crippen molar-refractivity contribution >= 4 is 5.95 Å².